The van der Waals surface area contributed by atoms with E-state index in [1.54, 1.807) is 0 Å². The van der Waals surface area contributed by atoms with E-state index in [4.69, 9.17) is 0 Å². The fraction of sp³-hybridized carbons (Fsp3) is 0.0462. The molecule has 0 aliphatic carbocycles. The Morgan fingerprint density at radius 2 is 0.609 bits per heavy atom. The third kappa shape index (κ3) is 6.59. The van der Waals surface area contributed by atoms with Crippen LogP contribution in [0, 0.1) is 6.92 Å². The van der Waals surface area contributed by atoms with Crippen molar-refractivity contribution in [3.8, 4) is 22.3 Å². The van der Waals surface area contributed by atoms with Gasteiger partial charge in [0.2, 0.25) is 0 Å². The van der Waals surface area contributed by atoms with Gasteiger partial charge in [-0.05, 0) is 148 Å². The van der Waals surface area contributed by atoms with Gasteiger partial charge in [0.05, 0.1) is 0 Å². The van der Waals surface area contributed by atoms with Gasteiger partial charge in [-0.25, -0.2) is 0 Å². The van der Waals surface area contributed by atoms with Crippen LogP contribution in [0.4, 0.5) is 34.1 Å². The molecule has 0 saturated heterocycles. The van der Waals surface area contributed by atoms with E-state index >= 15 is 0 Å². The van der Waals surface area contributed by atoms with Crippen LogP contribution in [0.5, 0.6) is 0 Å². The third-order valence-corrected chi connectivity index (χ3v) is 14.3. The van der Waals surface area contributed by atoms with Crippen LogP contribution in [0.3, 0.4) is 0 Å². The van der Waals surface area contributed by atoms with Crippen LogP contribution in [0.25, 0.3) is 87.4 Å². The van der Waals surface area contributed by atoms with E-state index in [0.717, 1.165) is 34.1 Å². The van der Waals surface area contributed by atoms with Crippen molar-refractivity contribution < 1.29 is 0 Å². The number of aromatic nitrogens is 2. The summed E-state index contributed by atoms with van der Waals surface area (Å²) in [4.78, 5) is 4.75. The van der Waals surface area contributed by atoms with Crippen molar-refractivity contribution in [2.24, 2.45) is 14.1 Å². The summed E-state index contributed by atoms with van der Waals surface area (Å²) in [5.74, 6) is 0. The van der Waals surface area contributed by atoms with Gasteiger partial charge in [0.25, 0.3) is 0 Å². The summed E-state index contributed by atoms with van der Waals surface area (Å²) in [5, 5.41) is 9.97. The second-order valence-electron chi connectivity index (χ2n) is 18.3. The first-order valence-electron chi connectivity index (χ1n) is 23.8. The van der Waals surface area contributed by atoms with Crippen molar-refractivity contribution in [1.29, 1.82) is 0 Å². The Labute approximate surface area is 401 Å². The number of anilines is 6. The van der Waals surface area contributed by atoms with Crippen LogP contribution in [0.1, 0.15) is 5.56 Å². The Morgan fingerprint density at radius 3 is 1.07 bits per heavy atom. The quantitative estimate of drug-likeness (QED) is 0.141. The summed E-state index contributed by atoms with van der Waals surface area (Å²) >= 11 is 0. The maximum Gasteiger partial charge on any atom is 0.0490 e. The van der Waals surface area contributed by atoms with Gasteiger partial charge in [0.15, 0.2) is 0 Å². The van der Waals surface area contributed by atoms with Crippen molar-refractivity contribution in [3.63, 3.8) is 0 Å². The molecule has 2 heterocycles. The van der Waals surface area contributed by atoms with E-state index in [-0.39, 0.29) is 0 Å². The average molecular weight is 885 g/mol. The molecule has 0 unspecified atom stereocenters. The highest BCUT2D eigenvalue weighted by atomic mass is 15.1. The lowest BCUT2D eigenvalue weighted by atomic mass is 9.85. The lowest BCUT2D eigenvalue weighted by Gasteiger charge is -2.26. The number of hydrogen-bond acceptors (Lipinski definition) is 2. The van der Waals surface area contributed by atoms with Crippen LogP contribution in [-0.2, 0) is 14.1 Å². The van der Waals surface area contributed by atoms with Gasteiger partial charge in [0, 0.05) is 91.8 Å². The first-order valence-corrected chi connectivity index (χ1v) is 23.8. The number of nitrogens with zero attached hydrogens (tertiary/aromatic N) is 4. The number of hydrogen-bond donors (Lipinski definition) is 0. The Morgan fingerprint density at radius 1 is 0.261 bits per heavy atom. The normalized spacial score (nSPS) is 11.7. The molecule has 0 N–H and O–H groups in total. The molecule has 0 aliphatic heterocycles. The number of fused-ring (bicyclic) bond motifs is 8. The second-order valence-corrected chi connectivity index (χ2v) is 18.3. The summed E-state index contributed by atoms with van der Waals surface area (Å²) in [7, 11) is 4.31. The number of aryl methyl sites for hydroxylation is 3. The zero-order chi connectivity index (χ0) is 46.2. The smallest absolute Gasteiger partial charge is 0.0490 e. The Hall–Kier alpha value is -8.86. The van der Waals surface area contributed by atoms with Crippen molar-refractivity contribution >= 4 is 99.3 Å². The molecule has 69 heavy (non-hydrogen) atoms. The minimum absolute atomic E-state index is 1.10. The monoisotopic (exact) mass is 884 g/mol. The molecular formula is C65H48N4. The van der Waals surface area contributed by atoms with Crippen molar-refractivity contribution in [2.75, 3.05) is 9.80 Å². The SMILES string of the molecule is Cc1ccc2c(-c3ccc(N(c4ccccc4)c4ccc5c(c4)c4ccccc4n5C)cc3)c3ccccc3c(-c3ccc(N(c4ccccc4)c4ccc5c(c4)c4ccccc4n5C)cc3)c2c1. The molecule has 13 rings (SSSR count). The lowest BCUT2D eigenvalue weighted by Crippen LogP contribution is -2.09. The van der Waals surface area contributed by atoms with E-state index in [0.29, 0.717) is 0 Å². The molecule has 0 amide bonds. The Kier molecular flexibility index (Phi) is 9.48. The first-order chi connectivity index (χ1) is 34.0. The maximum atomic E-state index is 2.37. The van der Waals surface area contributed by atoms with E-state index in [1.807, 2.05) is 0 Å². The highest BCUT2D eigenvalue weighted by Crippen LogP contribution is 2.47. The van der Waals surface area contributed by atoms with Gasteiger partial charge in [-0.3, -0.25) is 0 Å². The van der Waals surface area contributed by atoms with Crippen LogP contribution in [0.15, 0.2) is 237 Å². The summed E-state index contributed by atoms with van der Waals surface area (Å²) in [6, 6.07) is 86.8. The second kappa shape index (κ2) is 16.2. The molecular weight excluding hydrogens is 837 g/mol. The Balaban J connectivity index is 0.924. The lowest BCUT2D eigenvalue weighted by molar-refractivity contribution is 1.01. The van der Waals surface area contributed by atoms with Gasteiger partial charge >= 0.3 is 0 Å². The molecule has 4 heteroatoms. The molecule has 0 spiro atoms. The van der Waals surface area contributed by atoms with Gasteiger partial charge in [0.1, 0.15) is 0 Å². The van der Waals surface area contributed by atoms with Crippen molar-refractivity contribution in [1.82, 2.24) is 9.13 Å². The fourth-order valence-corrected chi connectivity index (χ4v) is 11.1. The fourth-order valence-electron chi connectivity index (χ4n) is 11.1. The minimum atomic E-state index is 1.10. The van der Waals surface area contributed by atoms with Crippen LogP contribution in [-0.4, -0.2) is 9.13 Å². The van der Waals surface area contributed by atoms with Gasteiger partial charge in [-0.15, -0.1) is 0 Å². The molecule has 4 nitrogen and oxygen atoms in total. The molecule has 0 fully saturated rings. The largest absolute Gasteiger partial charge is 0.344 e. The molecule has 0 bridgehead atoms. The van der Waals surface area contributed by atoms with E-state index in [2.05, 4.69) is 277 Å². The first kappa shape index (κ1) is 40.4. The summed E-state index contributed by atoms with van der Waals surface area (Å²) < 4.78 is 4.58. The molecule has 11 aromatic carbocycles. The summed E-state index contributed by atoms with van der Waals surface area (Å²) in [6.45, 7) is 2.20. The van der Waals surface area contributed by atoms with E-state index < -0.39 is 0 Å². The summed E-state index contributed by atoms with van der Waals surface area (Å²) in [6.07, 6.45) is 0. The van der Waals surface area contributed by atoms with Gasteiger partial charge in [-0.1, -0.05) is 145 Å². The zero-order valence-corrected chi connectivity index (χ0v) is 38.8. The van der Waals surface area contributed by atoms with Gasteiger partial charge in [-0.2, -0.15) is 0 Å². The zero-order valence-electron chi connectivity index (χ0n) is 38.8. The molecule has 0 radical (unpaired) electrons. The predicted molar refractivity (Wildman–Crippen MR) is 294 cm³/mol. The van der Waals surface area contributed by atoms with E-state index in [9.17, 15) is 0 Å². The standard InChI is InChI=1S/C65H48N4/c1-43-26-37-56-59(40-43)65(45-29-33-49(34-30-45)69(47-18-8-5-9-19-47)51-36-39-63-58(42-51)53-21-13-15-25-61(53)67(63)3)55-23-11-10-22-54(55)64(56)44-27-31-48(32-28-44)68(46-16-6-4-7-17-46)50-35-38-62-57(41-50)52-20-12-14-24-60(52)66(62)2/h4-42H,1-3H3. The predicted octanol–water partition coefficient (Wildman–Crippen LogP) is 17.9. The van der Waals surface area contributed by atoms with Crippen molar-refractivity contribution in [3.05, 3.63) is 242 Å². The highest BCUT2D eigenvalue weighted by molar-refractivity contribution is 6.22. The number of benzene rings is 11. The molecule has 328 valence electrons. The number of para-hydroxylation sites is 4. The topological polar surface area (TPSA) is 16.3 Å². The highest BCUT2D eigenvalue weighted by Gasteiger charge is 2.21. The Bertz CT molecular complexity index is 4090. The molecule has 0 aliphatic rings. The molecule has 0 atom stereocenters. The average Bonchev–Trinajstić information content (AvgIpc) is 3.85. The van der Waals surface area contributed by atoms with Crippen LogP contribution < -0.4 is 9.80 Å². The van der Waals surface area contributed by atoms with Crippen LogP contribution >= 0.6 is 0 Å². The third-order valence-electron chi connectivity index (χ3n) is 14.3. The summed E-state index contributed by atoms with van der Waals surface area (Å²) in [5.41, 5.74) is 17.7. The molecule has 0 saturated carbocycles. The maximum absolute atomic E-state index is 2.37. The molecule has 2 aromatic heterocycles. The van der Waals surface area contributed by atoms with Crippen molar-refractivity contribution in [2.45, 2.75) is 6.92 Å². The van der Waals surface area contributed by atoms with Crippen LogP contribution in [0.2, 0.25) is 0 Å². The minimum Gasteiger partial charge on any atom is -0.344 e. The van der Waals surface area contributed by atoms with E-state index in [1.165, 1.54) is 93.0 Å². The number of rotatable bonds is 8. The van der Waals surface area contributed by atoms with Gasteiger partial charge < -0.3 is 18.9 Å². The molecule has 13 aromatic rings.